The normalized spacial score (nSPS) is 24.0. The Morgan fingerprint density at radius 1 is 0.875 bits per heavy atom. The zero-order chi connectivity index (χ0) is 26.3. The largest absolute Gasteiger partial charge is 0.490 e. The maximum Gasteiger partial charge on any atom is 0.490 e. The van der Waals surface area contributed by atoms with Crippen molar-refractivity contribution in [1.29, 1.82) is 10.5 Å². The Hall–Kier alpha value is -2.49. The van der Waals surface area contributed by atoms with Crippen LogP contribution in [-0.2, 0) is 9.53 Å². The third-order valence-electron chi connectivity index (χ3n) is 5.17. The van der Waals surface area contributed by atoms with Crippen LogP contribution in [0.15, 0.2) is 0 Å². The molecule has 0 aromatic heterocycles. The van der Waals surface area contributed by atoms with E-state index in [9.17, 15) is 18.0 Å². The van der Waals surface area contributed by atoms with E-state index in [2.05, 4.69) is 40.8 Å². The highest BCUT2D eigenvalue weighted by molar-refractivity contribution is 5.73. The first-order valence-electron chi connectivity index (χ1n) is 10.3. The van der Waals surface area contributed by atoms with Crippen molar-refractivity contribution in [2.24, 2.45) is 23.7 Å². The molecule has 0 spiro atoms. The topological polar surface area (TPSA) is 114 Å². The van der Waals surface area contributed by atoms with Crippen molar-refractivity contribution in [3.05, 3.63) is 0 Å². The van der Waals surface area contributed by atoms with Gasteiger partial charge in [0, 0.05) is 26.2 Å². The molecule has 0 bridgehead atoms. The summed E-state index contributed by atoms with van der Waals surface area (Å²) in [6, 6.07) is 0. The fourth-order valence-corrected chi connectivity index (χ4v) is 2.94. The Bertz CT molecular complexity index is 562. The van der Waals surface area contributed by atoms with Gasteiger partial charge in [-0.25, -0.2) is 20.1 Å². The number of nitriles is 2. The number of alkyl halides is 3. The van der Waals surface area contributed by atoms with Crippen LogP contribution >= 0.6 is 0 Å². The molecule has 1 N–H and O–H groups in total. The van der Waals surface area contributed by atoms with Gasteiger partial charge in [-0.1, -0.05) is 47.0 Å². The lowest BCUT2D eigenvalue weighted by molar-refractivity contribution is -0.192. The second-order valence-electron chi connectivity index (χ2n) is 9.03. The zero-order valence-electron chi connectivity index (χ0n) is 20.1. The van der Waals surface area contributed by atoms with Crippen molar-refractivity contribution < 1.29 is 32.6 Å². The second-order valence-corrected chi connectivity index (χ2v) is 9.03. The molecule has 0 radical (unpaired) electrons. The van der Waals surface area contributed by atoms with Crippen LogP contribution in [0.1, 0.15) is 67.7 Å². The molecule has 4 atom stereocenters. The van der Waals surface area contributed by atoms with Gasteiger partial charge in [-0.05, 0) is 44.4 Å². The number of aliphatic carboxylic acids is 1. The molecule has 0 unspecified atom stereocenters. The van der Waals surface area contributed by atoms with Gasteiger partial charge in [-0.15, -0.1) is 0 Å². The van der Waals surface area contributed by atoms with Gasteiger partial charge >= 0.3 is 18.2 Å². The van der Waals surface area contributed by atoms with E-state index < -0.39 is 12.1 Å². The molecule has 32 heavy (non-hydrogen) atoms. The maximum absolute atomic E-state index is 11.7. The first kappa shape index (κ1) is 34.1. The number of likely N-dealkylation sites (tertiary alicyclic amines) is 1. The molecule has 2 fully saturated rings. The molecule has 1 heterocycles. The van der Waals surface area contributed by atoms with Crippen LogP contribution in [0, 0.1) is 47.3 Å². The van der Waals surface area contributed by atoms with E-state index in [1.165, 1.54) is 19.3 Å². The zero-order valence-corrected chi connectivity index (χ0v) is 20.1. The summed E-state index contributed by atoms with van der Waals surface area (Å²) in [5.41, 5.74) is -0.383. The quantitative estimate of drug-likeness (QED) is 0.479. The summed E-state index contributed by atoms with van der Waals surface area (Å²) in [5, 5.41) is 20.1. The highest BCUT2D eigenvalue weighted by atomic mass is 19.4. The third-order valence-corrected chi connectivity index (χ3v) is 5.17. The van der Waals surface area contributed by atoms with E-state index >= 15 is 0 Å². The van der Waals surface area contributed by atoms with E-state index in [1.807, 2.05) is 20.8 Å². The smallest absolute Gasteiger partial charge is 0.475 e. The molecule has 1 aliphatic carbocycles. The summed E-state index contributed by atoms with van der Waals surface area (Å²) >= 11 is 0. The van der Waals surface area contributed by atoms with E-state index in [-0.39, 0.29) is 11.7 Å². The molecule has 1 saturated carbocycles. The first-order valence-corrected chi connectivity index (χ1v) is 10.3. The second kappa shape index (κ2) is 16.2. The van der Waals surface area contributed by atoms with Crippen LogP contribution in [0.3, 0.4) is 0 Å². The van der Waals surface area contributed by atoms with Gasteiger partial charge in [0.05, 0.1) is 0 Å². The molecule has 7 nitrogen and oxygen atoms in total. The predicted molar refractivity (Wildman–Crippen MR) is 115 cm³/mol. The standard InChI is InChI=1S/C11H21NO2.C7H14.C2HF3O2.2CHN/c1-8-6-12(7-9(8)2)10(13)14-11(3,4)5;1-6-4-3-5-7(6)2;3-2(4,5)1(6)7;2*1-2/h8-9H,6-7H2,1-5H3;6-7H,3-5H2,1-2H3;(H,6,7);2*1H/t8-,9+;6-,7+;;;. The van der Waals surface area contributed by atoms with Gasteiger partial charge in [0.1, 0.15) is 5.60 Å². The van der Waals surface area contributed by atoms with Crippen molar-refractivity contribution in [1.82, 2.24) is 4.90 Å². The van der Waals surface area contributed by atoms with Gasteiger partial charge in [0.2, 0.25) is 0 Å². The molecule has 1 saturated heterocycles. The average molecular weight is 466 g/mol. The van der Waals surface area contributed by atoms with E-state index in [0.717, 1.165) is 24.9 Å². The third kappa shape index (κ3) is 16.2. The molecule has 2 aliphatic rings. The lowest BCUT2D eigenvalue weighted by atomic mass is 10.0. The number of carbonyl (C=O) groups excluding carboxylic acids is 1. The molecule has 0 aromatic rings. The number of amides is 1. The summed E-state index contributed by atoms with van der Waals surface area (Å²) in [5.74, 6) is 0.442. The van der Waals surface area contributed by atoms with Crippen molar-refractivity contribution in [2.75, 3.05) is 13.1 Å². The van der Waals surface area contributed by atoms with E-state index in [0.29, 0.717) is 11.8 Å². The number of hydrogen-bond acceptors (Lipinski definition) is 5. The van der Waals surface area contributed by atoms with Crippen LogP contribution in [-0.4, -0.2) is 46.9 Å². The Balaban J connectivity index is -0.000000396. The minimum atomic E-state index is -5.08. The summed E-state index contributed by atoms with van der Waals surface area (Å²) in [6.07, 6.45) is -0.835. The van der Waals surface area contributed by atoms with Crippen LogP contribution in [0.2, 0.25) is 0 Å². The van der Waals surface area contributed by atoms with Crippen molar-refractivity contribution in [2.45, 2.75) is 79.5 Å². The number of nitrogens with zero attached hydrogens (tertiary/aromatic N) is 3. The van der Waals surface area contributed by atoms with Crippen molar-refractivity contribution in [3.8, 4) is 13.1 Å². The number of halogens is 3. The number of carboxylic acid groups (broad SMARTS) is 1. The van der Waals surface area contributed by atoms with Gasteiger partial charge in [0.15, 0.2) is 0 Å². The Morgan fingerprint density at radius 2 is 1.19 bits per heavy atom. The number of ether oxygens (including phenoxy) is 1. The lowest BCUT2D eigenvalue weighted by Crippen LogP contribution is -2.35. The first-order chi connectivity index (χ1) is 14.5. The number of rotatable bonds is 0. The Morgan fingerprint density at radius 3 is 1.38 bits per heavy atom. The van der Waals surface area contributed by atoms with Gasteiger partial charge < -0.3 is 14.7 Å². The SMILES string of the molecule is C#N.C#N.C[C@@H]1CCC[C@@H]1C.C[C@@H]1CN(C(=O)OC(C)(C)C)C[C@@H]1C.O=C(O)C(F)(F)F. The summed E-state index contributed by atoms with van der Waals surface area (Å²) < 4.78 is 37.0. The summed E-state index contributed by atoms with van der Waals surface area (Å²) in [6.45, 7) is 23.4. The minimum Gasteiger partial charge on any atom is -0.475 e. The molecule has 0 aromatic carbocycles. The fourth-order valence-electron chi connectivity index (χ4n) is 2.94. The molecule has 1 amide bonds. The predicted octanol–water partition coefficient (Wildman–Crippen LogP) is 5.86. The van der Waals surface area contributed by atoms with Crippen LogP contribution in [0.25, 0.3) is 0 Å². The molecule has 2 rings (SSSR count). The molecular formula is C22H38F3N3O4. The Kier molecular flexibility index (Phi) is 17.3. The van der Waals surface area contributed by atoms with Gasteiger partial charge in [-0.2, -0.15) is 13.2 Å². The van der Waals surface area contributed by atoms with Crippen molar-refractivity contribution in [3.63, 3.8) is 0 Å². The fraction of sp³-hybridized carbons (Fsp3) is 0.818. The minimum absolute atomic E-state index is 0.172. The van der Waals surface area contributed by atoms with Crippen molar-refractivity contribution >= 4 is 12.1 Å². The van der Waals surface area contributed by atoms with Crippen LogP contribution < -0.4 is 0 Å². The average Bonchev–Trinajstić information content (AvgIpc) is 3.22. The summed E-state index contributed by atoms with van der Waals surface area (Å²) in [7, 11) is 0. The van der Waals surface area contributed by atoms with E-state index in [4.69, 9.17) is 25.2 Å². The lowest BCUT2D eigenvalue weighted by Gasteiger charge is -2.24. The van der Waals surface area contributed by atoms with Crippen LogP contribution in [0.5, 0.6) is 0 Å². The highest BCUT2D eigenvalue weighted by Gasteiger charge is 2.38. The van der Waals surface area contributed by atoms with Gasteiger partial charge in [-0.3, -0.25) is 0 Å². The monoisotopic (exact) mass is 465 g/mol. The number of carboxylic acids is 1. The molecule has 1 aliphatic heterocycles. The summed E-state index contributed by atoms with van der Waals surface area (Å²) in [4.78, 5) is 22.4. The maximum atomic E-state index is 11.7. The molecule has 186 valence electrons. The van der Waals surface area contributed by atoms with Gasteiger partial charge in [0.25, 0.3) is 0 Å². The molecular weight excluding hydrogens is 427 g/mol. The van der Waals surface area contributed by atoms with E-state index in [1.54, 1.807) is 4.90 Å². The van der Waals surface area contributed by atoms with Crippen LogP contribution in [0.4, 0.5) is 18.0 Å². The Labute approximate surface area is 190 Å². The molecule has 10 heteroatoms. The number of carbonyl (C=O) groups is 2. The highest BCUT2D eigenvalue weighted by Crippen LogP contribution is 2.29. The number of hydrogen-bond donors (Lipinski definition) is 1.